The van der Waals surface area contributed by atoms with Crippen LogP contribution in [0.3, 0.4) is 0 Å². The van der Waals surface area contributed by atoms with Gasteiger partial charge in [0.05, 0.1) is 0 Å². The summed E-state index contributed by atoms with van der Waals surface area (Å²) in [5.41, 5.74) is -0.506. The van der Waals surface area contributed by atoms with E-state index in [2.05, 4.69) is 72.9 Å². The Hall–Kier alpha value is -1.14. The largest absolute Gasteiger partial charge is 0.462 e. The average Bonchev–Trinajstić information content (AvgIpc) is 2.48. The Morgan fingerprint density at radius 1 is 0.742 bits per heavy atom. The van der Waals surface area contributed by atoms with Gasteiger partial charge in [-0.25, -0.2) is 0 Å². The van der Waals surface area contributed by atoms with Gasteiger partial charge in [-0.3, -0.25) is 9.59 Å². The maximum Gasteiger partial charge on any atom is 0.320 e. The second-order valence-electron chi connectivity index (χ2n) is 12.4. The van der Waals surface area contributed by atoms with E-state index in [1.807, 2.05) is 0 Å². The Morgan fingerprint density at radius 3 is 1.35 bits per heavy atom. The van der Waals surface area contributed by atoms with Gasteiger partial charge in [-0.15, -0.1) is 0 Å². The molecule has 2 fully saturated rings. The highest BCUT2D eigenvalue weighted by Crippen LogP contribution is 2.33. The van der Waals surface area contributed by atoms with Crippen molar-refractivity contribution < 1.29 is 19.1 Å². The zero-order valence-electron chi connectivity index (χ0n) is 21.3. The van der Waals surface area contributed by atoms with Crippen molar-refractivity contribution in [2.24, 2.45) is 5.92 Å². The lowest BCUT2D eigenvalue weighted by atomic mass is 9.81. The Balaban J connectivity index is 2.07. The van der Waals surface area contributed by atoms with Crippen LogP contribution in [0.5, 0.6) is 0 Å². The third-order valence-electron chi connectivity index (χ3n) is 6.29. The number of esters is 2. The van der Waals surface area contributed by atoms with Gasteiger partial charge >= 0.3 is 11.9 Å². The third kappa shape index (κ3) is 8.05. The molecule has 6 nitrogen and oxygen atoms in total. The van der Waals surface area contributed by atoms with Crippen LogP contribution in [0.25, 0.3) is 0 Å². The minimum atomic E-state index is -0.845. The summed E-state index contributed by atoms with van der Waals surface area (Å²) in [5, 5.41) is 7.20. The topological polar surface area (TPSA) is 76.7 Å². The molecule has 6 heteroatoms. The number of hydrogen-bond donors (Lipinski definition) is 2. The van der Waals surface area contributed by atoms with Gasteiger partial charge in [0.15, 0.2) is 5.92 Å². The summed E-state index contributed by atoms with van der Waals surface area (Å²) in [6.45, 7) is 19.0. The molecule has 2 heterocycles. The van der Waals surface area contributed by atoms with Crippen molar-refractivity contribution in [1.82, 2.24) is 10.6 Å². The number of carbonyl (C=O) groups excluding carboxylic acids is 2. The van der Waals surface area contributed by atoms with Crippen LogP contribution in [0.15, 0.2) is 0 Å². The number of carbonyl (C=O) groups is 2. The lowest BCUT2D eigenvalue weighted by Crippen LogP contribution is -2.60. The van der Waals surface area contributed by atoms with Crippen LogP contribution in [0, 0.1) is 5.92 Å². The summed E-state index contributed by atoms with van der Waals surface area (Å²) < 4.78 is 11.8. The van der Waals surface area contributed by atoms with Crippen LogP contribution in [0.4, 0.5) is 0 Å². The second-order valence-corrected chi connectivity index (χ2v) is 12.4. The highest BCUT2D eigenvalue weighted by Gasteiger charge is 2.43. The molecule has 0 aromatic heterocycles. The molecule has 2 rings (SSSR count). The van der Waals surface area contributed by atoms with Gasteiger partial charge < -0.3 is 20.1 Å². The highest BCUT2D eigenvalue weighted by atomic mass is 16.6. The monoisotopic (exact) mass is 438 g/mol. The molecule has 2 aliphatic heterocycles. The maximum atomic E-state index is 13.1. The van der Waals surface area contributed by atoms with Gasteiger partial charge in [0.1, 0.15) is 12.2 Å². The van der Waals surface area contributed by atoms with Crippen LogP contribution >= 0.6 is 0 Å². The van der Waals surface area contributed by atoms with E-state index in [9.17, 15) is 9.59 Å². The van der Waals surface area contributed by atoms with E-state index in [0.717, 1.165) is 38.5 Å². The molecule has 0 spiro atoms. The van der Waals surface area contributed by atoms with E-state index in [1.54, 1.807) is 0 Å². The molecule has 0 atom stereocenters. The van der Waals surface area contributed by atoms with Crippen LogP contribution < -0.4 is 10.6 Å². The van der Waals surface area contributed by atoms with Crippen molar-refractivity contribution >= 4 is 11.9 Å². The first-order valence-electron chi connectivity index (χ1n) is 12.0. The van der Waals surface area contributed by atoms with Crippen molar-refractivity contribution in [2.45, 2.75) is 142 Å². The molecule has 31 heavy (non-hydrogen) atoms. The summed E-state index contributed by atoms with van der Waals surface area (Å²) in [6.07, 6.45) is 4.70. The maximum absolute atomic E-state index is 13.1. The molecule has 180 valence electrons. The molecule has 0 bridgehead atoms. The molecule has 0 amide bonds. The first kappa shape index (κ1) is 26.1. The fourth-order valence-electron chi connectivity index (χ4n) is 5.86. The predicted octanol–water partition coefficient (Wildman–Crippen LogP) is 4.50. The lowest BCUT2D eigenvalue weighted by molar-refractivity contribution is -0.172. The molecule has 2 saturated heterocycles. The van der Waals surface area contributed by atoms with Crippen molar-refractivity contribution in [2.75, 3.05) is 0 Å². The summed E-state index contributed by atoms with van der Waals surface area (Å²) in [5.74, 6) is -1.70. The molecule has 0 aliphatic carbocycles. The summed E-state index contributed by atoms with van der Waals surface area (Å²) in [6, 6.07) is 0. The first-order chi connectivity index (χ1) is 14.0. The summed E-state index contributed by atoms with van der Waals surface area (Å²) in [4.78, 5) is 26.2. The number of ether oxygens (including phenoxy) is 2. The molecular formula is C25H46N2O4. The van der Waals surface area contributed by atoms with E-state index < -0.39 is 17.9 Å². The van der Waals surface area contributed by atoms with Crippen molar-refractivity contribution in [1.29, 1.82) is 0 Å². The third-order valence-corrected chi connectivity index (χ3v) is 6.29. The minimum Gasteiger partial charge on any atom is -0.462 e. The quantitative estimate of drug-likeness (QED) is 0.450. The van der Waals surface area contributed by atoms with Crippen LogP contribution in [0.2, 0.25) is 0 Å². The van der Waals surface area contributed by atoms with Crippen LogP contribution in [0.1, 0.15) is 107 Å². The Bertz CT molecular complexity index is 570. The summed E-state index contributed by atoms with van der Waals surface area (Å²) in [7, 11) is 0. The second kappa shape index (κ2) is 9.38. The Morgan fingerprint density at radius 2 is 1.06 bits per heavy atom. The standard InChI is InChI=1S/C25H46N2O4/c1-10-11-12-19(20(28)30-17-13-22(2,3)26-23(4,5)14-17)21(29)31-18-15-24(6,7)27-25(8,9)16-18/h17-19,26-27H,10-16H2,1-9H3. The number of rotatable bonds is 7. The lowest BCUT2D eigenvalue weighted by Gasteiger charge is -2.46. The average molecular weight is 439 g/mol. The van der Waals surface area contributed by atoms with Crippen molar-refractivity contribution in [3.8, 4) is 0 Å². The Kier molecular flexibility index (Phi) is 7.90. The van der Waals surface area contributed by atoms with Crippen molar-refractivity contribution in [3.63, 3.8) is 0 Å². The van der Waals surface area contributed by atoms with Gasteiger partial charge in [-0.05, 0) is 61.8 Å². The molecule has 0 radical (unpaired) electrons. The fraction of sp³-hybridized carbons (Fsp3) is 0.920. The van der Waals surface area contributed by atoms with Crippen LogP contribution in [-0.4, -0.2) is 46.3 Å². The first-order valence-corrected chi connectivity index (χ1v) is 12.0. The van der Waals surface area contributed by atoms with Gasteiger partial charge in [0, 0.05) is 47.8 Å². The predicted molar refractivity (Wildman–Crippen MR) is 124 cm³/mol. The molecule has 0 saturated carbocycles. The van der Waals surface area contributed by atoms with Gasteiger partial charge in [0.2, 0.25) is 0 Å². The van der Waals surface area contributed by atoms with Crippen LogP contribution in [-0.2, 0) is 19.1 Å². The van der Waals surface area contributed by atoms with Gasteiger partial charge in [-0.2, -0.15) is 0 Å². The molecule has 0 aromatic carbocycles. The molecule has 2 N–H and O–H groups in total. The SMILES string of the molecule is CCCCC(C(=O)OC1CC(C)(C)NC(C)(C)C1)C(=O)OC1CC(C)(C)NC(C)(C)C1. The Labute approximate surface area is 189 Å². The normalized spacial score (nSPS) is 25.2. The molecular weight excluding hydrogens is 392 g/mol. The van der Waals surface area contributed by atoms with Gasteiger partial charge in [-0.1, -0.05) is 19.8 Å². The number of nitrogens with one attached hydrogen (secondary N) is 2. The van der Waals surface area contributed by atoms with E-state index in [1.165, 1.54) is 0 Å². The van der Waals surface area contributed by atoms with Gasteiger partial charge in [0.25, 0.3) is 0 Å². The summed E-state index contributed by atoms with van der Waals surface area (Å²) >= 11 is 0. The minimum absolute atomic E-state index is 0.127. The van der Waals surface area contributed by atoms with E-state index in [0.29, 0.717) is 6.42 Å². The molecule has 0 unspecified atom stereocenters. The van der Waals surface area contributed by atoms with Crippen molar-refractivity contribution in [3.05, 3.63) is 0 Å². The zero-order chi connectivity index (χ0) is 23.7. The number of piperidine rings is 2. The number of hydrogen-bond acceptors (Lipinski definition) is 6. The smallest absolute Gasteiger partial charge is 0.320 e. The van der Waals surface area contributed by atoms with E-state index >= 15 is 0 Å². The van der Waals surface area contributed by atoms with E-state index in [4.69, 9.17) is 9.47 Å². The molecule has 2 aliphatic rings. The van der Waals surface area contributed by atoms with E-state index in [-0.39, 0.29) is 34.4 Å². The highest BCUT2D eigenvalue weighted by molar-refractivity contribution is 5.95. The fourth-order valence-corrected chi connectivity index (χ4v) is 5.86. The zero-order valence-corrected chi connectivity index (χ0v) is 21.3. The number of unbranched alkanes of at least 4 members (excludes halogenated alkanes) is 1. The molecule has 0 aromatic rings.